The Kier molecular flexibility index (Phi) is 5.02. The van der Waals surface area contributed by atoms with Crippen LogP contribution in [-0.2, 0) is 6.54 Å². The van der Waals surface area contributed by atoms with Gasteiger partial charge >= 0.3 is 0 Å². The van der Waals surface area contributed by atoms with Crippen molar-refractivity contribution in [3.05, 3.63) is 97.0 Å². The number of nitrogens with zero attached hydrogens (tertiary/aromatic N) is 5. The second-order valence-electron chi connectivity index (χ2n) is 7.28. The lowest BCUT2D eigenvalue weighted by molar-refractivity contribution is 1.09. The molecule has 31 heavy (non-hydrogen) atoms. The summed E-state index contributed by atoms with van der Waals surface area (Å²) in [6.07, 6.45) is 10.9. The molecule has 0 atom stereocenters. The van der Waals surface area contributed by atoms with Crippen LogP contribution in [0.2, 0.25) is 0 Å². The number of hydrogen-bond donors (Lipinski definition) is 1. The number of anilines is 1. The molecule has 0 saturated heterocycles. The topological polar surface area (TPSA) is 76.5 Å². The molecule has 0 fully saturated rings. The molecule has 0 bridgehead atoms. The zero-order valence-electron chi connectivity index (χ0n) is 17.0. The molecule has 150 valence electrons. The lowest BCUT2D eigenvalue weighted by Gasteiger charge is -2.10. The molecule has 0 aliphatic carbocycles. The number of rotatable bonds is 5. The maximum Gasteiger partial charge on any atom is 0.135 e. The van der Waals surface area contributed by atoms with Gasteiger partial charge in [-0.2, -0.15) is 0 Å². The van der Waals surface area contributed by atoms with Crippen LogP contribution >= 0.6 is 0 Å². The molecule has 0 spiro atoms. The molecule has 0 amide bonds. The maximum absolute atomic E-state index is 4.65. The Bertz CT molecular complexity index is 1330. The Morgan fingerprint density at radius 2 is 1.52 bits per heavy atom. The number of hydrogen-bond acceptors (Lipinski definition) is 6. The monoisotopic (exact) mass is 404 g/mol. The zero-order valence-corrected chi connectivity index (χ0v) is 17.0. The fourth-order valence-corrected chi connectivity index (χ4v) is 3.48. The van der Waals surface area contributed by atoms with Crippen LogP contribution in [-0.4, -0.2) is 24.9 Å². The molecule has 5 aromatic heterocycles. The summed E-state index contributed by atoms with van der Waals surface area (Å²) in [5.74, 6) is 0.806. The van der Waals surface area contributed by atoms with E-state index in [1.54, 1.807) is 12.4 Å². The molecule has 5 heterocycles. The molecule has 0 unspecified atom stereocenters. The molecule has 0 aromatic carbocycles. The number of pyridine rings is 5. The van der Waals surface area contributed by atoms with Gasteiger partial charge in [-0.25, -0.2) is 4.98 Å². The van der Waals surface area contributed by atoms with E-state index in [1.165, 1.54) is 0 Å². The Morgan fingerprint density at radius 3 is 2.32 bits per heavy atom. The second kappa shape index (κ2) is 8.28. The van der Waals surface area contributed by atoms with E-state index in [4.69, 9.17) is 0 Å². The summed E-state index contributed by atoms with van der Waals surface area (Å²) in [7, 11) is 0. The van der Waals surface area contributed by atoms with Gasteiger partial charge in [0.25, 0.3) is 0 Å². The van der Waals surface area contributed by atoms with Gasteiger partial charge in [0.1, 0.15) is 5.82 Å². The summed E-state index contributed by atoms with van der Waals surface area (Å²) in [6, 6.07) is 16.1. The minimum atomic E-state index is 0.626. The van der Waals surface area contributed by atoms with Crippen LogP contribution in [0.15, 0.2) is 85.7 Å². The molecule has 6 heteroatoms. The van der Waals surface area contributed by atoms with Crippen molar-refractivity contribution in [3.63, 3.8) is 0 Å². The van der Waals surface area contributed by atoms with Crippen molar-refractivity contribution in [2.24, 2.45) is 0 Å². The molecule has 0 aliphatic rings. The molecular formula is C25H20N6. The van der Waals surface area contributed by atoms with E-state index < -0.39 is 0 Å². The summed E-state index contributed by atoms with van der Waals surface area (Å²) in [5, 5.41) is 5.49. The van der Waals surface area contributed by atoms with Gasteiger partial charge in [-0.1, -0.05) is 6.07 Å². The molecule has 5 aromatic rings. The smallest absolute Gasteiger partial charge is 0.135 e. The van der Waals surface area contributed by atoms with Crippen LogP contribution in [0.3, 0.4) is 0 Å². The first-order valence-electron chi connectivity index (χ1n) is 10.0. The molecular weight excluding hydrogens is 384 g/mol. The largest absolute Gasteiger partial charge is 0.365 e. The van der Waals surface area contributed by atoms with E-state index in [1.807, 2.05) is 68.1 Å². The van der Waals surface area contributed by atoms with E-state index in [-0.39, 0.29) is 0 Å². The highest BCUT2D eigenvalue weighted by atomic mass is 15.0. The Morgan fingerprint density at radius 1 is 0.710 bits per heavy atom. The van der Waals surface area contributed by atoms with E-state index >= 15 is 0 Å². The van der Waals surface area contributed by atoms with Crippen LogP contribution in [0.25, 0.3) is 33.3 Å². The first-order chi connectivity index (χ1) is 15.3. The van der Waals surface area contributed by atoms with Gasteiger partial charge in [-0.05, 0) is 60.3 Å². The predicted octanol–water partition coefficient (Wildman–Crippen LogP) is 5.07. The number of aromatic nitrogens is 5. The normalized spacial score (nSPS) is 10.9. The highest BCUT2D eigenvalue weighted by Crippen LogP contribution is 2.26. The third-order valence-electron chi connectivity index (χ3n) is 5.10. The number of aryl methyl sites for hydroxylation is 1. The summed E-state index contributed by atoms with van der Waals surface area (Å²) in [4.78, 5) is 22.1. The van der Waals surface area contributed by atoms with Crippen LogP contribution < -0.4 is 5.32 Å². The molecule has 6 nitrogen and oxygen atoms in total. The fraction of sp³-hybridized carbons (Fsp3) is 0.0800. The Labute approximate surface area is 180 Å². The van der Waals surface area contributed by atoms with Crippen molar-refractivity contribution in [1.29, 1.82) is 0 Å². The Hall–Kier alpha value is -4.19. The predicted molar refractivity (Wildman–Crippen MR) is 122 cm³/mol. The zero-order chi connectivity index (χ0) is 21.0. The van der Waals surface area contributed by atoms with Gasteiger partial charge < -0.3 is 5.32 Å². The molecule has 5 rings (SSSR count). The SMILES string of the molecule is Cc1cc(-c2cc3ccnc(NCc4ccc(-c5ccncc5)nc4)c3cn2)ccn1. The molecule has 0 radical (unpaired) electrons. The minimum absolute atomic E-state index is 0.626. The summed E-state index contributed by atoms with van der Waals surface area (Å²) < 4.78 is 0. The van der Waals surface area contributed by atoms with Crippen LogP contribution in [0.1, 0.15) is 11.3 Å². The van der Waals surface area contributed by atoms with Crippen molar-refractivity contribution in [1.82, 2.24) is 24.9 Å². The van der Waals surface area contributed by atoms with Crippen molar-refractivity contribution < 1.29 is 0 Å². The summed E-state index contributed by atoms with van der Waals surface area (Å²) in [6.45, 7) is 2.61. The van der Waals surface area contributed by atoms with E-state index in [0.717, 1.165) is 50.4 Å². The first kappa shape index (κ1) is 18.8. The molecule has 0 saturated carbocycles. The average molecular weight is 404 g/mol. The minimum Gasteiger partial charge on any atom is -0.365 e. The fourth-order valence-electron chi connectivity index (χ4n) is 3.48. The quantitative estimate of drug-likeness (QED) is 0.441. The van der Waals surface area contributed by atoms with E-state index in [2.05, 4.69) is 42.4 Å². The average Bonchev–Trinajstić information content (AvgIpc) is 2.83. The molecule has 1 N–H and O–H groups in total. The van der Waals surface area contributed by atoms with Gasteiger partial charge in [0.2, 0.25) is 0 Å². The standard InChI is InChI=1S/C25H20N6/c1-17-12-21(7-10-27-17)24-13-20-6-11-28-25(22(20)16-30-24)31-15-18-2-3-23(29-14-18)19-4-8-26-9-5-19/h2-14,16H,15H2,1H3,(H,28,31). The lowest BCUT2D eigenvalue weighted by atomic mass is 10.1. The van der Waals surface area contributed by atoms with E-state index in [9.17, 15) is 0 Å². The van der Waals surface area contributed by atoms with E-state index in [0.29, 0.717) is 6.54 Å². The van der Waals surface area contributed by atoms with Crippen LogP contribution in [0, 0.1) is 6.92 Å². The number of nitrogens with one attached hydrogen (secondary N) is 1. The van der Waals surface area contributed by atoms with Crippen LogP contribution in [0.5, 0.6) is 0 Å². The van der Waals surface area contributed by atoms with Gasteiger partial charge in [-0.15, -0.1) is 0 Å². The number of fused-ring (bicyclic) bond motifs is 1. The van der Waals surface area contributed by atoms with Crippen LogP contribution in [0.4, 0.5) is 5.82 Å². The van der Waals surface area contributed by atoms with Gasteiger partial charge in [0, 0.05) is 65.9 Å². The highest BCUT2D eigenvalue weighted by Gasteiger charge is 2.07. The van der Waals surface area contributed by atoms with Crippen molar-refractivity contribution in [3.8, 4) is 22.5 Å². The second-order valence-corrected chi connectivity index (χ2v) is 7.28. The van der Waals surface area contributed by atoms with Gasteiger partial charge in [-0.3, -0.25) is 19.9 Å². The van der Waals surface area contributed by atoms with Gasteiger partial charge in [0.05, 0.1) is 11.4 Å². The third-order valence-corrected chi connectivity index (χ3v) is 5.10. The maximum atomic E-state index is 4.65. The Balaban J connectivity index is 1.36. The summed E-state index contributed by atoms with van der Waals surface area (Å²) in [5.41, 5.74) is 6.01. The van der Waals surface area contributed by atoms with Crippen molar-refractivity contribution in [2.75, 3.05) is 5.32 Å². The highest BCUT2D eigenvalue weighted by molar-refractivity contribution is 5.93. The summed E-state index contributed by atoms with van der Waals surface area (Å²) >= 11 is 0. The third kappa shape index (κ3) is 4.09. The molecule has 0 aliphatic heterocycles. The van der Waals surface area contributed by atoms with Gasteiger partial charge in [0.15, 0.2) is 0 Å². The first-order valence-corrected chi connectivity index (χ1v) is 10.0. The van der Waals surface area contributed by atoms with Crippen molar-refractivity contribution in [2.45, 2.75) is 13.5 Å². The van der Waals surface area contributed by atoms with Crippen molar-refractivity contribution >= 4 is 16.6 Å². The lowest BCUT2D eigenvalue weighted by Crippen LogP contribution is -2.03.